The summed E-state index contributed by atoms with van der Waals surface area (Å²) in [5, 5.41) is 8.97. The van der Waals surface area contributed by atoms with Crippen molar-refractivity contribution in [2.24, 2.45) is 5.73 Å². The number of fused-ring (bicyclic) bond motifs is 1. The molecule has 2 heterocycles. The van der Waals surface area contributed by atoms with Crippen LogP contribution in [-0.2, 0) is 16.0 Å². The number of hydrogen-bond donors (Lipinski definition) is 5. The van der Waals surface area contributed by atoms with Crippen molar-refractivity contribution in [3.63, 3.8) is 0 Å². The van der Waals surface area contributed by atoms with Gasteiger partial charge in [-0.05, 0) is 43.0 Å². The third-order valence-corrected chi connectivity index (χ3v) is 5.58. The molecule has 162 valence electrons. The van der Waals surface area contributed by atoms with Gasteiger partial charge in [0.25, 0.3) is 0 Å². The largest absolute Gasteiger partial charge is 0.351 e. The van der Waals surface area contributed by atoms with Gasteiger partial charge in [0.2, 0.25) is 11.8 Å². The van der Waals surface area contributed by atoms with E-state index in [2.05, 4.69) is 45.2 Å². The number of nitrogens with zero attached hydrogens (tertiary/aromatic N) is 1. The first-order chi connectivity index (χ1) is 15.0. The van der Waals surface area contributed by atoms with Gasteiger partial charge in [0.15, 0.2) is 0 Å². The summed E-state index contributed by atoms with van der Waals surface area (Å²) in [5.41, 5.74) is 9.60. The Hall–Kier alpha value is -3.23. The molecule has 1 aromatic heterocycles. The molecular weight excluding hydrogens is 392 g/mol. The molecule has 1 aliphatic heterocycles. The normalized spacial score (nSPS) is 19.3. The molecule has 2 aromatic carbocycles. The first-order valence-corrected chi connectivity index (χ1v) is 10.6. The summed E-state index contributed by atoms with van der Waals surface area (Å²) in [5.74, 6) is 0.392. The lowest BCUT2D eigenvalue weighted by molar-refractivity contribution is -0.124. The zero-order valence-electron chi connectivity index (χ0n) is 17.5. The first kappa shape index (κ1) is 21.0. The molecule has 6 N–H and O–H groups in total. The average Bonchev–Trinajstić information content (AvgIpc) is 3.41. The number of benzene rings is 2. The Kier molecular flexibility index (Phi) is 6.29. The van der Waals surface area contributed by atoms with Gasteiger partial charge in [0.05, 0.1) is 29.7 Å². The fourth-order valence-electron chi connectivity index (χ4n) is 3.93. The SMILES string of the molecule is C[C@H](NC(=O)[C@@H]1C[C@@H](NC(=O)CN)CN1)c1nc2cc(Cc3ccccc3)ccc2[nH]1. The molecule has 8 heteroatoms. The zero-order valence-corrected chi connectivity index (χ0v) is 17.5. The van der Waals surface area contributed by atoms with Crippen molar-refractivity contribution >= 4 is 22.8 Å². The molecule has 4 rings (SSSR count). The van der Waals surface area contributed by atoms with Crippen molar-refractivity contribution in [3.8, 4) is 0 Å². The van der Waals surface area contributed by atoms with E-state index in [0.717, 1.165) is 17.5 Å². The van der Waals surface area contributed by atoms with Crippen LogP contribution >= 0.6 is 0 Å². The molecular formula is C23H28N6O2. The number of amides is 2. The summed E-state index contributed by atoms with van der Waals surface area (Å²) >= 11 is 0. The Morgan fingerprint density at radius 3 is 2.77 bits per heavy atom. The second-order valence-corrected chi connectivity index (χ2v) is 8.03. The maximum Gasteiger partial charge on any atom is 0.237 e. The van der Waals surface area contributed by atoms with Gasteiger partial charge in [-0.3, -0.25) is 9.59 Å². The van der Waals surface area contributed by atoms with Gasteiger partial charge in [-0.1, -0.05) is 36.4 Å². The molecule has 8 nitrogen and oxygen atoms in total. The summed E-state index contributed by atoms with van der Waals surface area (Å²) in [6, 6.07) is 15.8. The van der Waals surface area contributed by atoms with Crippen molar-refractivity contribution in [2.45, 2.75) is 37.9 Å². The monoisotopic (exact) mass is 420 g/mol. The Balaban J connectivity index is 1.38. The molecule has 0 aliphatic carbocycles. The van der Waals surface area contributed by atoms with Crippen LogP contribution in [-0.4, -0.2) is 47.0 Å². The average molecular weight is 421 g/mol. The van der Waals surface area contributed by atoms with Crippen LogP contribution in [0.1, 0.15) is 36.3 Å². The predicted octanol–water partition coefficient (Wildman–Crippen LogP) is 1.14. The van der Waals surface area contributed by atoms with E-state index in [-0.39, 0.29) is 36.5 Å². The number of carbonyl (C=O) groups excluding carboxylic acids is 2. The van der Waals surface area contributed by atoms with Gasteiger partial charge in [0.1, 0.15) is 5.82 Å². The fourth-order valence-corrected chi connectivity index (χ4v) is 3.93. The van der Waals surface area contributed by atoms with Crippen LogP contribution in [0.15, 0.2) is 48.5 Å². The number of nitrogens with one attached hydrogen (secondary N) is 4. The van der Waals surface area contributed by atoms with Gasteiger partial charge in [-0.2, -0.15) is 0 Å². The first-order valence-electron chi connectivity index (χ1n) is 10.6. The van der Waals surface area contributed by atoms with Gasteiger partial charge < -0.3 is 26.7 Å². The van der Waals surface area contributed by atoms with Crippen molar-refractivity contribution in [1.82, 2.24) is 25.9 Å². The minimum absolute atomic E-state index is 0.0521. The highest BCUT2D eigenvalue weighted by molar-refractivity contribution is 5.83. The molecule has 31 heavy (non-hydrogen) atoms. The van der Waals surface area contributed by atoms with E-state index in [0.29, 0.717) is 18.8 Å². The van der Waals surface area contributed by atoms with Crippen LogP contribution < -0.4 is 21.7 Å². The molecule has 1 fully saturated rings. The minimum Gasteiger partial charge on any atom is -0.351 e. The smallest absolute Gasteiger partial charge is 0.237 e. The second-order valence-electron chi connectivity index (χ2n) is 8.03. The maximum atomic E-state index is 12.6. The number of aromatic amines is 1. The lowest BCUT2D eigenvalue weighted by Gasteiger charge is -2.16. The van der Waals surface area contributed by atoms with E-state index < -0.39 is 0 Å². The fraction of sp³-hybridized carbons (Fsp3) is 0.348. The van der Waals surface area contributed by atoms with Crippen LogP contribution in [0.5, 0.6) is 0 Å². The van der Waals surface area contributed by atoms with Crippen LogP contribution in [0, 0.1) is 0 Å². The topological polar surface area (TPSA) is 125 Å². The molecule has 1 saturated heterocycles. The minimum atomic E-state index is -0.354. The molecule has 0 saturated carbocycles. The lowest BCUT2D eigenvalue weighted by atomic mass is 10.0. The van der Waals surface area contributed by atoms with Crippen molar-refractivity contribution in [1.29, 1.82) is 0 Å². The van der Waals surface area contributed by atoms with Gasteiger partial charge >= 0.3 is 0 Å². The number of aromatic nitrogens is 2. The highest BCUT2D eigenvalue weighted by Gasteiger charge is 2.31. The number of rotatable bonds is 7. The second kappa shape index (κ2) is 9.28. The maximum absolute atomic E-state index is 12.6. The summed E-state index contributed by atoms with van der Waals surface area (Å²) < 4.78 is 0. The third-order valence-electron chi connectivity index (χ3n) is 5.58. The number of H-pyrrole nitrogens is 1. The molecule has 0 radical (unpaired) electrons. The van der Waals surface area contributed by atoms with Crippen LogP contribution in [0.3, 0.4) is 0 Å². The number of hydrogen-bond acceptors (Lipinski definition) is 5. The quantitative estimate of drug-likeness (QED) is 0.392. The molecule has 3 aromatic rings. The Labute approximate surface area is 181 Å². The highest BCUT2D eigenvalue weighted by Crippen LogP contribution is 2.20. The predicted molar refractivity (Wildman–Crippen MR) is 119 cm³/mol. The molecule has 0 bridgehead atoms. The van der Waals surface area contributed by atoms with E-state index in [9.17, 15) is 9.59 Å². The van der Waals surface area contributed by atoms with Gasteiger partial charge in [0, 0.05) is 12.6 Å². The number of nitrogens with two attached hydrogens (primary N) is 1. The molecule has 3 atom stereocenters. The Bertz CT molecular complexity index is 1060. The molecule has 0 unspecified atom stereocenters. The highest BCUT2D eigenvalue weighted by atomic mass is 16.2. The summed E-state index contributed by atoms with van der Waals surface area (Å²) in [6.07, 6.45) is 1.38. The molecule has 0 spiro atoms. The summed E-state index contributed by atoms with van der Waals surface area (Å²) in [7, 11) is 0. The van der Waals surface area contributed by atoms with Gasteiger partial charge in [-0.15, -0.1) is 0 Å². The Morgan fingerprint density at radius 2 is 2.00 bits per heavy atom. The van der Waals surface area contributed by atoms with E-state index in [1.807, 2.05) is 31.2 Å². The van der Waals surface area contributed by atoms with E-state index >= 15 is 0 Å². The Morgan fingerprint density at radius 1 is 1.19 bits per heavy atom. The number of imidazole rings is 1. The van der Waals surface area contributed by atoms with E-state index in [1.54, 1.807) is 0 Å². The lowest BCUT2D eigenvalue weighted by Crippen LogP contribution is -2.41. The van der Waals surface area contributed by atoms with Crippen molar-refractivity contribution in [2.75, 3.05) is 13.1 Å². The van der Waals surface area contributed by atoms with Crippen LogP contribution in [0.4, 0.5) is 0 Å². The van der Waals surface area contributed by atoms with Crippen LogP contribution in [0.25, 0.3) is 11.0 Å². The molecule has 2 amide bonds. The summed E-state index contributed by atoms with van der Waals surface area (Å²) in [6.45, 7) is 2.40. The van der Waals surface area contributed by atoms with E-state index in [1.165, 1.54) is 11.1 Å². The van der Waals surface area contributed by atoms with E-state index in [4.69, 9.17) is 10.7 Å². The van der Waals surface area contributed by atoms with Crippen molar-refractivity contribution in [3.05, 3.63) is 65.5 Å². The number of carbonyl (C=O) groups is 2. The standard InChI is InChI=1S/C23H28N6O2/c1-14(26-23(31)20-11-17(13-25-20)27-21(30)12-24)22-28-18-8-7-16(10-19(18)29-22)9-15-5-3-2-4-6-15/h2-8,10,14,17,20,25H,9,11-13,24H2,1H3,(H,26,31)(H,27,30)(H,28,29)/t14-,17+,20-/m0/s1. The zero-order chi connectivity index (χ0) is 21.8. The van der Waals surface area contributed by atoms with Gasteiger partial charge in [-0.25, -0.2) is 4.98 Å². The third kappa shape index (κ3) is 5.10. The molecule has 1 aliphatic rings. The van der Waals surface area contributed by atoms with Crippen LogP contribution in [0.2, 0.25) is 0 Å². The van der Waals surface area contributed by atoms with Crippen molar-refractivity contribution < 1.29 is 9.59 Å². The summed E-state index contributed by atoms with van der Waals surface area (Å²) in [4.78, 5) is 32.1.